The van der Waals surface area contributed by atoms with E-state index in [1.807, 2.05) is 12.3 Å². The van der Waals surface area contributed by atoms with Crippen LogP contribution < -0.4 is 5.32 Å². The number of aromatic nitrogens is 2. The van der Waals surface area contributed by atoms with Crippen LogP contribution in [0.5, 0.6) is 0 Å². The van der Waals surface area contributed by atoms with Gasteiger partial charge in [-0.3, -0.25) is 4.68 Å². The van der Waals surface area contributed by atoms with E-state index in [1.165, 1.54) is 11.1 Å². The molecule has 2 rings (SSSR count). The number of nitrogens with zero attached hydrogens (tertiary/aromatic N) is 2. The van der Waals surface area contributed by atoms with Crippen molar-refractivity contribution < 1.29 is 0 Å². The van der Waals surface area contributed by atoms with Crippen molar-refractivity contribution >= 4 is 0 Å². The fourth-order valence-electron chi connectivity index (χ4n) is 2.17. The van der Waals surface area contributed by atoms with Crippen LogP contribution in [0, 0.1) is 0 Å². The largest absolute Gasteiger partial charge is 0.310 e. The molecule has 1 heterocycles. The van der Waals surface area contributed by atoms with E-state index in [0.29, 0.717) is 6.04 Å². The van der Waals surface area contributed by atoms with Crippen molar-refractivity contribution in [3.05, 3.63) is 42.7 Å². The molecular formula is C17H25N3. The Morgan fingerprint density at radius 1 is 1.15 bits per heavy atom. The Balaban J connectivity index is 2.10. The molecule has 0 fully saturated rings. The smallest absolute Gasteiger partial charge is 0.0641 e. The molecule has 108 valence electrons. The summed E-state index contributed by atoms with van der Waals surface area (Å²) in [6, 6.07) is 10.8. The van der Waals surface area contributed by atoms with E-state index in [2.05, 4.69) is 73.3 Å². The molecule has 0 spiro atoms. The van der Waals surface area contributed by atoms with E-state index >= 15 is 0 Å². The van der Waals surface area contributed by atoms with Gasteiger partial charge in [-0.05, 0) is 32.8 Å². The standard InChI is InChI=1S/C17H25N3/c1-5-16(12-18-17(2,3)4)20-13-15(11-19-20)14-9-7-6-8-10-14/h6-11,13,16,18H,5,12H2,1-4H3. The zero-order chi connectivity index (χ0) is 14.6. The summed E-state index contributed by atoms with van der Waals surface area (Å²) in [5, 5.41) is 8.10. The summed E-state index contributed by atoms with van der Waals surface area (Å²) in [5.74, 6) is 0. The first-order valence-corrected chi connectivity index (χ1v) is 7.34. The van der Waals surface area contributed by atoms with Gasteiger partial charge in [0.15, 0.2) is 0 Å². The minimum absolute atomic E-state index is 0.142. The summed E-state index contributed by atoms with van der Waals surface area (Å²) in [5.41, 5.74) is 2.54. The summed E-state index contributed by atoms with van der Waals surface area (Å²) in [7, 11) is 0. The Hall–Kier alpha value is -1.61. The molecule has 0 aliphatic rings. The minimum atomic E-state index is 0.142. The molecule has 1 aromatic carbocycles. The molecule has 1 N–H and O–H groups in total. The molecule has 20 heavy (non-hydrogen) atoms. The number of hydrogen-bond acceptors (Lipinski definition) is 2. The van der Waals surface area contributed by atoms with Gasteiger partial charge in [-0.1, -0.05) is 37.3 Å². The maximum absolute atomic E-state index is 4.54. The van der Waals surface area contributed by atoms with Gasteiger partial charge in [0, 0.05) is 23.8 Å². The summed E-state index contributed by atoms with van der Waals surface area (Å²) < 4.78 is 2.08. The molecule has 0 bridgehead atoms. The highest BCUT2D eigenvalue weighted by Crippen LogP contribution is 2.20. The predicted molar refractivity (Wildman–Crippen MR) is 84.7 cm³/mol. The van der Waals surface area contributed by atoms with Crippen molar-refractivity contribution in [1.29, 1.82) is 0 Å². The van der Waals surface area contributed by atoms with Crippen LogP contribution in [0.4, 0.5) is 0 Å². The molecular weight excluding hydrogens is 246 g/mol. The number of hydrogen-bond donors (Lipinski definition) is 1. The highest BCUT2D eigenvalue weighted by molar-refractivity contribution is 5.61. The highest BCUT2D eigenvalue weighted by Gasteiger charge is 2.15. The van der Waals surface area contributed by atoms with E-state index in [9.17, 15) is 0 Å². The molecule has 0 amide bonds. The van der Waals surface area contributed by atoms with Crippen molar-refractivity contribution in [3.8, 4) is 11.1 Å². The van der Waals surface area contributed by atoms with Crippen LogP contribution in [0.25, 0.3) is 11.1 Å². The normalized spacial score (nSPS) is 13.4. The second kappa shape index (κ2) is 6.23. The number of rotatable bonds is 5. The van der Waals surface area contributed by atoms with Gasteiger partial charge in [-0.2, -0.15) is 5.10 Å². The van der Waals surface area contributed by atoms with E-state index in [0.717, 1.165) is 13.0 Å². The zero-order valence-electron chi connectivity index (χ0n) is 12.9. The third-order valence-corrected chi connectivity index (χ3v) is 3.42. The number of benzene rings is 1. The third-order valence-electron chi connectivity index (χ3n) is 3.42. The molecule has 1 atom stereocenters. The van der Waals surface area contributed by atoms with Crippen molar-refractivity contribution in [1.82, 2.24) is 15.1 Å². The minimum Gasteiger partial charge on any atom is -0.310 e. The molecule has 0 radical (unpaired) electrons. The monoisotopic (exact) mass is 271 g/mol. The Labute approximate surface area is 122 Å². The van der Waals surface area contributed by atoms with Crippen LogP contribution in [-0.2, 0) is 0 Å². The quantitative estimate of drug-likeness (QED) is 0.894. The maximum Gasteiger partial charge on any atom is 0.0641 e. The van der Waals surface area contributed by atoms with Gasteiger partial charge in [-0.15, -0.1) is 0 Å². The lowest BCUT2D eigenvalue weighted by molar-refractivity contribution is 0.345. The summed E-state index contributed by atoms with van der Waals surface area (Å²) in [4.78, 5) is 0. The average Bonchev–Trinajstić information content (AvgIpc) is 2.89. The second-order valence-corrected chi connectivity index (χ2v) is 6.27. The van der Waals surface area contributed by atoms with Crippen LogP contribution in [-0.4, -0.2) is 21.9 Å². The summed E-state index contributed by atoms with van der Waals surface area (Å²) in [6.45, 7) is 9.73. The van der Waals surface area contributed by atoms with Crippen LogP contribution in [0.3, 0.4) is 0 Å². The Morgan fingerprint density at radius 2 is 1.85 bits per heavy atom. The Bertz CT molecular complexity index is 523. The molecule has 3 nitrogen and oxygen atoms in total. The van der Waals surface area contributed by atoms with Gasteiger partial charge in [0.25, 0.3) is 0 Å². The van der Waals surface area contributed by atoms with Gasteiger partial charge in [0.1, 0.15) is 0 Å². The SMILES string of the molecule is CCC(CNC(C)(C)C)n1cc(-c2ccccc2)cn1. The molecule has 2 aromatic rings. The van der Waals surface area contributed by atoms with E-state index in [4.69, 9.17) is 0 Å². The molecule has 0 saturated heterocycles. The molecule has 1 aromatic heterocycles. The topological polar surface area (TPSA) is 29.9 Å². The van der Waals surface area contributed by atoms with Gasteiger partial charge in [0.2, 0.25) is 0 Å². The molecule has 3 heteroatoms. The van der Waals surface area contributed by atoms with Crippen molar-refractivity contribution in [2.24, 2.45) is 0 Å². The van der Waals surface area contributed by atoms with E-state index in [-0.39, 0.29) is 5.54 Å². The van der Waals surface area contributed by atoms with Crippen molar-refractivity contribution in [2.45, 2.75) is 45.7 Å². The van der Waals surface area contributed by atoms with Crippen molar-refractivity contribution in [2.75, 3.05) is 6.54 Å². The first-order valence-electron chi connectivity index (χ1n) is 7.34. The van der Waals surface area contributed by atoms with E-state index in [1.54, 1.807) is 0 Å². The third kappa shape index (κ3) is 3.94. The highest BCUT2D eigenvalue weighted by atomic mass is 15.3. The second-order valence-electron chi connectivity index (χ2n) is 6.27. The zero-order valence-corrected chi connectivity index (χ0v) is 12.9. The van der Waals surface area contributed by atoms with E-state index < -0.39 is 0 Å². The fraction of sp³-hybridized carbons (Fsp3) is 0.471. The Morgan fingerprint density at radius 3 is 2.45 bits per heavy atom. The summed E-state index contributed by atoms with van der Waals surface area (Å²) in [6.07, 6.45) is 5.17. The van der Waals surface area contributed by atoms with Crippen LogP contribution in [0.15, 0.2) is 42.7 Å². The van der Waals surface area contributed by atoms with Gasteiger partial charge in [-0.25, -0.2) is 0 Å². The first kappa shape index (κ1) is 14.8. The predicted octanol–water partition coefficient (Wildman–Crippen LogP) is 3.89. The van der Waals surface area contributed by atoms with Crippen molar-refractivity contribution in [3.63, 3.8) is 0 Å². The average molecular weight is 271 g/mol. The Kier molecular flexibility index (Phi) is 4.61. The lowest BCUT2D eigenvalue weighted by atomic mass is 10.1. The molecule has 0 aliphatic carbocycles. The molecule has 0 saturated carbocycles. The van der Waals surface area contributed by atoms with Crippen LogP contribution >= 0.6 is 0 Å². The first-order chi connectivity index (χ1) is 9.49. The lowest BCUT2D eigenvalue weighted by Crippen LogP contribution is -2.39. The molecule has 1 unspecified atom stereocenters. The van der Waals surface area contributed by atoms with Gasteiger partial charge in [0.05, 0.1) is 12.2 Å². The van der Waals surface area contributed by atoms with Crippen LogP contribution in [0.2, 0.25) is 0 Å². The molecule has 0 aliphatic heterocycles. The fourth-order valence-corrected chi connectivity index (χ4v) is 2.17. The lowest BCUT2D eigenvalue weighted by Gasteiger charge is -2.25. The summed E-state index contributed by atoms with van der Waals surface area (Å²) >= 11 is 0. The van der Waals surface area contributed by atoms with Gasteiger partial charge >= 0.3 is 0 Å². The maximum atomic E-state index is 4.54. The number of nitrogens with one attached hydrogen (secondary N) is 1. The van der Waals surface area contributed by atoms with Crippen LogP contribution in [0.1, 0.15) is 40.2 Å². The van der Waals surface area contributed by atoms with Gasteiger partial charge < -0.3 is 5.32 Å².